The number of aliphatic hydroxyl groups is 1. The Hall–Kier alpha value is -1.33. The lowest BCUT2D eigenvalue weighted by Gasteiger charge is -2.09. The molecule has 0 aromatic carbocycles. The minimum absolute atomic E-state index is 0.264. The Kier molecular flexibility index (Phi) is 3.03. The second-order valence-corrected chi connectivity index (χ2v) is 4.02. The second kappa shape index (κ2) is 4.46. The molecule has 2 aromatic rings. The smallest absolute Gasteiger partial charge is 0.147 e. The highest BCUT2D eigenvalue weighted by atomic mass is 32.1. The Morgan fingerprint density at radius 1 is 1.47 bits per heavy atom. The van der Waals surface area contributed by atoms with Crippen molar-refractivity contribution in [3.63, 3.8) is 0 Å². The predicted molar refractivity (Wildman–Crippen MR) is 55.0 cm³/mol. The van der Waals surface area contributed by atoms with Crippen LogP contribution >= 0.6 is 11.3 Å². The van der Waals surface area contributed by atoms with Crippen molar-refractivity contribution in [2.45, 2.75) is 12.5 Å². The zero-order valence-electron chi connectivity index (χ0n) is 7.80. The van der Waals surface area contributed by atoms with Gasteiger partial charge in [0, 0.05) is 29.8 Å². The minimum Gasteiger partial charge on any atom is -0.388 e. The molecule has 0 aliphatic heterocycles. The van der Waals surface area contributed by atoms with Crippen LogP contribution < -0.4 is 0 Å². The van der Waals surface area contributed by atoms with E-state index in [1.54, 1.807) is 6.20 Å². The molecule has 1 atom stereocenters. The number of aliphatic hydroxyl groups excluding tert-OH is 1. The van der Waals surface area contributed by atoms with E-state index in [-0.39, 0.29) is 5.56 Å². The molecule has 5 heteroatoms. The van der Waals surface area contributed by atoms with E-state index in [9.17, 15) is 9.50 Å². The molecule has 2 heterocycles. The number of rotatable bonds is 3. The van der Waals surface area contributed by atoms with Gasteiger partial charge in [0.05, 0.1) is 17.3 Å². The van der Waals surface area contributed by atoms with Gasteiger partial charge in [0.25, 0.3) is 0 Å². The van der Waals surface area contributed by atoms with Gasteiger partial charge in [-0.1, -0.05) is 0 Å². The highest BCUT2D eigenvalue weighted by molar-refractivity contribution is 7.09. The minimum atomic E-state index is -0.862. The van der Waals surface area contributed by atoms with Crippen LogP contribution in [0, 0.1) is 5.82 Å². The summed E-state index contributed by atoms with van der Waals surface area (Å²) in [5.74, 6) is -0.485. The molecule has 2 aromatic heterocycles. The maximum Gasteiger partial charge on any atom is 0.147 e. The van der Waals surface area contributed by atoms with E-state index >= 15 is 0 Å². The summed E-state index contributed by atoms with van der Waals surface area (Å²) in [5.41, 5.74) is 0.264. The van der Waals surface area contributed by atoms with E-state index < -0.39 is 11.9 Å². The van der Waals surface area contributed by atoms with Gasteiger partial charge in [-0.2, -0.15) is 0 Å². The molecule has 0 saturated heterocycles. The first-order chi connectivity index (χ1) is 7.27. The van der Waals surface area contributed by atoms with Gasteiger partial charge in [-0.05, 0) is 6.07 Å². The Balaban J connectivity index is 2.15. The zero-order chi connectivity index (χ0) is 10.7. The molecule has 0 radical (unpaired) electrons. The van der Waals surface area contributed by atoms with Crippen LogP contribution in [0.3, 0.4) is 0 Å². The summed E-state index contributed by atoms with van der Waals surface area (Å²) < 4.78 is 13.2. The number of halogens is 1. The summed E-state index contributed by atoms with van der Waals surface area (Å²) in [6.45, 7) is 0. The van der Waals surface area contributed by atoms with Crippen LogP contribution in [0.5, 0.6) is 0 Å². The first-order valence-electron chi connectivity index (χ1n) is 4.43. The fraction of sp³-hybridized carbons (Fsp3) is 0.200. The quantitative estimate of drug-likeness (QED) is 0.866. The summed E-state index contributed by atoms with van der Waals surface area (Å²) in [5, 5.41) is 12.4. The van der Waals surface area contributed by atoms with Gasteiger partial charge in [-0.25, -0.2) is 9.37 Å². The maximum absolute atomic E-state index is 13.2. The molecular formula is C10H9FN2OS. The van der Waals surface area contributed by atoms with Gasteiger partial charge >= 0.3 is 0 Å². The molecular weight excluding hydrogens is 215 g/mol. The van der Waals surface area contributed by atoms with Crippen molar-refractivity contribution in [2.75, 3.05) is 0 Å². The van der Waals surface area contributed by atoms with Crippen LogP contribution in [-0.4, -0.2) is 15.1 Å². The fourth-order valence-electron chi connectivity index (χ4n) is 1.29. The SMILES string of the molecule is OC(Cc1nccs1)c1ccncc1F. The summed E-state index contributed by atoms with van der Waals surface area (Å²) >= 11 is 1.44. The van der Waals surface area contributed by atoms with Crippen molar-refractivity contribution >= 4 is 11.3 Å². The van der Waals surface area contributed by atoms with E-state index in [0.29, 0.717) is 6.42 Å². The van der Waals surface area contributed by atoms with E-state index in [0.717, 1.165) is 11.2 Å². The second-order valence-electron chi connectivity index (χ2n) is 3.04. The summed E-state index contributed by atoms with van der Waals surface area (Å²) in [6.07, 6.45) is 3.69. The number of hydrogen-bond acceptors (Lipinski definition) is 4. The largest absolute Gasteiger partial charge is 0.388 e. The van der Waals surface area contributed by atoms with Gasteiger partial charge in [-0.3, -0.25) is 4.98 Å². The summed E-state index contributed by atoms with van der Waals surface area (Å²) in [6, 6.07) is 1.48. The Bertz CT molecular complexity index is 433. The number of aromatic nitrogens is 2. The number of thiazole rings is 1. The highest BCUT2D eigenvalue weighted by Gasteiger charge is 2.14. The Morgan fingerprint density at radius 3 is 3.00 bits per heavy atom. The molecule has 2 rings (SSSR count). The van der Waals surface area contributed by atoms with Crippen LogP contribution in [0.1, 0.15) is 16.7 Å². The molecule has 15 heavy (non-hydrogen) atoms. The predicted octanol–water partition coefficient (Wildman–Crippen LogP) is 1.95. The number of hydrogen-bond donors (Lipinski definition) is 1. The van der Waals surface area contributed by atoms with Crippen LogP contribution in [0.25, 0.3) is 0 Å². The van der Waals surface area contributed by atoms with Crippen molar-refractivity contribution in [3.8, 4) is 0 Å². The first kappa shape index (κ1) is 10.2. The van der Waals surface area contributed by atoms with E-state index in [2.05, 4.69) is 9.97 Å². The molecule has 1 unspecified atom stereocenters. The maximum atomic E-state index is 13.2. The topological polar surface area (TPSA) is 46.0 Å². The van der Waals surface area contributed by atoms with Gasteiger partial charge in [-0.15, -0.1) is 11.3 Å². The third kappa shape index (κ3) is 2.37. The van der Waals surface area contributed by atoms with Crippen molar-refractivity contribution in [1.29, 1.82) is 0 Å². The van der Waals surface area contributed by atoms with Gasteiger partial charge in [0.1, 0.15) is 5.82 Å². The molecule has 0 aliphatic carbocycles. The third-order valence-electron chi connectivity index (χ3n) is 2.01. The van der Waals surface area contributed by atoms with Crippen LogP contribution in [0.15, 0.2) is 30.0 Å². The lowest BCUT2D eigenvalue weighted by Crippen LogP contribution is -2.04. The van der Waals surface area contributed by atoms with Crippen LogP contribution in [-0.2, 0) is 6.42 Å². The van der Waals surface area contributed by atoms with E-state index in [4.69, 9.17) is 0 Å². The molecule has 1 N–H and O–H groups in total. The summed E-state index contributed by atoms with van der Waals surface area (Å²) in [4.78, 5) is 7.66. The molecule has 0 saturated carbocycles. The van der Waals surface area contributed by atoms with Crippen molar-refractivity contribution in [3.05, 3.63) is 46.4 Å². The molecule has 78 valence electrons. The lowest BCUT2D eigenvalue weighted by molar-refractivity contribution is 0.173. The third-order valence-corrected chi connectivity index (χ3v) is 2.82. The molecule has 0 spiro atoms. The van der Waals surface area contributed by atoms with Crippen LogP contribution in [0.2, 0.25) is 0 Å². The standard InChI is InChI=1S/C10H9FN2OS/c11-8-6-12-2-1-7(8)9(14)5-10-13-3-4-15-10/h1-4,6,9,14H,5H2. The van der Waals surface area contributed by atoms with Gasteiger partial charge < -0.3 is 5.11 Å². The van der Waals surface area contributed by atoms with Gasteiger partial charge in [0.2, 0.25) is 0 Å². The Labute approximate surface area is 90.3 Å². The summed E-state index contributed by atoms with van der Waals surface area (Å²) in [7, 11) is 0. The average Bonchev–Trinajstić information content (AvgIpc) is 2.71. The zero-order valence-corrected chi connectivity index (χ0v) is 8.62. The molecule has 0 amide bonds. The Morgan fingerprint density at radius 2 is 2.33 bits per heavy atom. The fourth-order valence-corrected chi connectivity index (χ4v) is 1.94. The number of pyridine rings is 1. The van der Waals surface area contributed by atoms with Crippen molar-refractivity contribution < 1.29 is 9.50 Å². The van der Waals surface area contributed by atoms with Crippen molar-refractivity contribution in [2.24, 2.45) is 0 Å². The molecule has 0 bridgehead atoms. The highest BCUT2D eigenvalue weighted by Crippen LogP contribution is 2.20. The lowest BCUT2D eigenvalue weighted by atomic mass is 10.1. The number of nitrogens with zero attached hydrogens (tertiary/aromatic N) is 2. The van der Waals surface area contributed by atoms with E-state index in [1.807, 2.05) is 5.38 Å². The van der Waals surface area contributed by atoms with E-state index in [1.165, 1.54) is 23.6 Å². The van der Waals surface area contributed by atoms with Crippen LogP contribution in [0.4, 0.5) is 4.39 Å². The monoisotopic (exact) mass is 224 g/mol. The normalized spacial score (nSPS) is 12.7. The molecule has 0 fully saturated rings. The average molecular weight is 224 g/mol. The van der Waals surface area contributed by atoms with Gasteiger partial charge in [0.15, 0.2) is 0 Å². The molecule has 3 nitrogen and oxygen atoms in total. The first-order valence-corrected chi connectivity index (χ1v) is 5.31. The molecule has 0 aliphatic rings. The van der Waals surface area contributed by atoms with Crippen molar-refractivity contribution in [1.82, 2.24) is 9.97 Å².